The third-order valence-corrected chi connectivity index (χ3v) is 2.23. The number of rotatable bonds is 4. The largest absolute Gasteiger partial charge is 0.490 e. The van der Waals surface area contributed by atoms with E-state index in [1.54, 1.807) is 6.08 Å². The topological polar surface area (TPSA) is 89.6 Å². The summed E-state index contributed by atoms with van der Waals surface area (Å²) in [5.41, 5.74) is 5.72. The van der Waals surface area contributed by atoms with Crippen LogP contribution in [-0.4, -0.2) is 36.4 Å². The molecule has 19 heavy (non-hydrogen) atoms. The van der Waals surface area contributed by atoms with Gasteiger partial charge in [-0.15, -0.1) is 0 Å². The Morgan fingerprint density at radius 2 is 1.95 bits per heavy atom. The number of carboxylic acids is 1. The first kappa shape index (κ1) is 17.4. The van der Waals surface area contributed by atoms with Crippen LogP contribution in [0.3, 0.4) is 0 Å². The van der Waals surface area contributed by atoms with Crippen LogP contribution in [0.5, 0.6) is 0 Å². The number of halogens is 3. The van der Waals surface area contributed by atoms with Gasteiger partial charge in [0.1, 0.15) is 0 Å². The smallest absolute Gasteiger partial charge is 0.475 e. The van der Waals surface area contributed by atoms with Crippen molar-refractivity contribution in [3.05, 3.63) is 12.2 Å². The summed E-state index contributed by atoms with van der Waals surface area (Å²) in [6.45, 7) is 0. The second kappa shape index (κ2) is 7.78. The van der Waals surface area contributed by atoms with Gasteiger partial charge >= 0.3 is 18.1 Å². The first-order valence-electron chi connectivity index (χ1n) is 5.48. The average Bonchev–Trinajstić information content (AvgIpc) is 3.09. The molecule has 0 aromatic carbocycles. The van der Waals surface area contributed by atoms with Crippen molar-refractivity contribution in [3.8, 4) is 0 Å². The Morgan fingerprint density at radius 1 is 1.47 bits per heavy atom. The van der Waals surface area contributed by atoms with Crippen molar-refractivity contribution in [1.82, 2.24) is 0 Å². The standard InChI is InChI=1S/C9H15NO2.C2HF3O2/c1-12-9(11)5-4-8(10)6-7-2-3-7;3-2(4,5)1(6)7/h4-5,7-8H,2-3,6,10H2,1H3;(H,6,7)/b5-4+;/t8-;/m1./s1. The van der Waals surface area contributed by atoms with Crippen molar-refractivity contribution < 1.29 is 32.6 Å². The van der Waals surface area contributed by atoms with E-state index in [1.807, 2.05) is 0 Å². The SMILES string of the molecule is COC(=O)/C=C/[C@@H](N)CC1CC1.O=C(O)C(F)(F)F. The second-order valence-electron chi connectivity index (χ2n) is 4.03. The van der Waals surface area contributed by atoms with Crippen LogP contribution < -0.4 is 5.73 Å². The summed E-state index contributed by atoms with van der Waals surface area (Å²) >= 11 is 0. The normalized spacial score (nSPS) is 16.5. The maximum absolute atomic E-state index is 10.7. The highest BCUT2D eigenvalue weighted by Gasteiger charge is 2.38. The molecule has 0 amide bonds. The first-order valence-corrected chi connectivity index (χ1v) is 5.48. The zero-order chi connectivity index (χ0) is 15.1. The Hall–Kier alpha value is -1.57. The van der Waals surface area contributed by atoms with Crippen molar-refractivity contribution in [2.45, 2.75) is 31.5 Å². The van der Waals surface area contributed by atoms with Crippen LogP contribution in [0.15, 0.2) is 12.2 Å². The molecular weight excluding hydrogens is 267 g/mol. The number of aliphatic carboxylic acids is 1. The summed E-state index contributed by atoms with van der Waals surface area (Å²) in [6.07, 6.45) is 1.60. The maximum atomic E-state index is 10.7. The number of nitrogens with two attached hydrogens (primary N) is 1. The highest BCUT2D eigenvalue weighted by atomic mass is 19.4. The third-order valence-electron chi connectivity index (χ3n) is 2.23. The van der Waals surface area contributed by atoms with Crippen LogP contribution in [0.25, 0.3) is 0 Å². The third kappa shape index (κ3) is 10.1. The molecule has 0 heterocycles. The van der Waals surface area contributed by atoms with Crippen LogP contribution in [-0.2, 0) is 14.3 Å². The van der Waals surface area contributed by atoms with E-state index in [0.29, 0.717) is 0 Å². The quantitative estimate of drug-likeness (QED) is 0.602. The minimum absolute atomic E-state index is 0.0107. The molecule has 110 valence electrons. The van der Waals surface area contributed by atoms with Crippen LogP contribution in [0.1, 0.15) is 19.3 Å². The maximum Gasteiger partial charge on any atom is 0.490 e. The number of alkyl halides is 3. The van der Waals surface area contributed by atoms with Gasteiger partial charge in [-0.3, -0.25) is 0 Å². The summed E-state index contributed by atoms with van der Waals surface area (Å²) in [5.74, 6) is -2.30. The lowest BCUT2D eigenvalue weighted by Crippen LogP contribution is -2.21. The number of ether oxygens (including phenoxy) is 1. The molecule has 0 aromatic heterocycles. The van der Waals surface area contributed by atoms with Gasteiger partial charge in [0.05, 0.1) is 7.11 Å². The lowest BCUT2D eigenvalue weighted by Gasteiger charge is -2.02. The van der Waals surface area contributed by atoms with E-state index in [4.69, 9.17) is 15.6 Å². The van der Waals surface area contributed by atoms with Crippen LogP contribution >= 0.6 is 0 Å². The van der Waals surface area contributed by atoms with Crippen molar-refractivity contribution in [2.24, 2.45) is 11.7 Å². The molecule has 8 heteroatoms. The molecule has 0 bridgehead atoms. The van der Waals surface area contributed by atoms with Crippen molar-refractivity contribution >= 4 is 11.9 Å². The molecule has 1 aliphatic carbocycles. The molecule has 1 aliphatic rings. The molecule has 0 unspecified atom stereocenters. The molecule has 1 saturated carbocycles. The molecule has 0 spiro atoms. The minimum atomic E-state index is -5.08. The summed E-state index contributed by atoms with van der Waals surface area (Å²) in [4.78, 5) is 19.5. The number of esters is 1. The van der Waals surface area contributed by atoms with Gasteiger partial charge in [0.2, 0.25) is 0 Å². The minimum Gasteiger partial charge on any atom is -0.475 e. The average molecular weight is 283 g/mol. The van der Waals surface area contributed by atoms with Gasteiger partial charge in [0.15, 0.2) is 0 Å². The number of methoxy groups -OCH3 is 1. The Bertz CT molecular complexity index is 337. The Balaban J connectivity index is 0.000000399. The summed E-state index contributed by atoms with van der Waals surface area (Å²) in [7, 11) is 1.36. The molecule has 0 aromatic rings. The summed E-state index contributed by atoms with van der Waals surface area (Å²) in [5, 5.41) is 7.12. The summed E-state index contributed by atoms with van der Waals surface area (Å²) < 4.78 is 36.2. The fourth-order valence-electron chi connectivity index (χ4n) is 1.09. The fourth-order valence-corrected chi connectivity index (χ4v) is 1.09. The van der Waals surface area contributed by atoms with Gasteiger partial charge in [0, 0.05) is 12.1 Å². The van der Waals surface area contributed by atoms with Gasteiger partial charge in [-0.05, 0) is 12.3 Å². The van der Waals surface area contributed by atoms with E-state index in [2.05, 4.69) is 4.74 Å². The van der Waals surface area contributed by atoms with E-state index in [1.165, 1.54) is 26.0 Å². The lowest BCUT2D eigenvalue weighted by atomic mass is 10.1. The first-order chi connectivity index (χ1) is 8.66. The molecule has 0 aliphatic heterocycles. The number of hydrogen-bond acceptors (Lipinski definition) is 4. The van der Waals surface area contributed by atoms with Gasteiger partial charge in [-0.25, -0.2) is 9.59 Å². The molecule has 5 nitrogen and oxygen atoms in total. The van der Waals surface area contributed by atoms with Gasteiger partial charge in [-0.1, -0.05) is 18.9 Å². The van der Waals surface area contributed by atoms with E-state index in [9.17, 15) is 18.0 Å². The van der Waals surface area contributed by atoms with Crippen LogP contribution in [0.4, 0.5) is 13.2 Å². The van der Waals surface area contributed by atoms with Crippen LogP contribution in [0, 0.1) is 5.92 Å². The Morgan fingerprint density at radius 3 is 2.26 bits per heavy atom. The zero-order valence-electron chi connectivity index (χ0n) is 10.3. The molecule has 0 saturated heterocycles. The highest BCUT2D eigenvalue weighted by Crippen LogP contribution is 2.33. The number of carbonyl (C=O) groups excluding carboxylic acids is 1. The predicted octanol–water partition coefficient (Wildman–Crippen LogP) is 1.48. The summed E-state index contributed by atoms with van der Waals surface area (Å²) in [6, 6.07) is 0.0107. The lowest BCUT2D eigenvalue weighted by molar-refractivity contribution is -0.192. The van der Waals surface area contributed by atoms with Gasteiger partial charge in [0.25, 0.3) is 0 Å². The van der Waals surface area contributed by atoms with Crippen LogP contribution in [0.2, 0.25) is 0 Å². The zero-order valence-corrected chi connectivity index (χ0v) is 10.3. The van der Waals surface area contributed by atoms with E-state index in [0.717, 1.165) is 12.3 Å². The molecule has 1 atom stereocenters. The van der Waals surface area contributed by atoms with E-state index < -0.39 is 12.1 Å². The van der Waals surface area contributed by atoms with E-state index >= 15 is 0 Å². The molecular formula is C11H16F3NO4. The van der Waals surface area contributed by atoms with Crippen molar-refractivity contribution in [3.63, 3.8) is 0 Å². The van der Waals surface area contributed by atoms with Gasteiger partial charge < -0.3 is 15.6 Å². The fraction of sp³-hybridized carbons (Fsp3) is 0.636. The molecule has 3 N–H and O–H groups in total. The Kier molecular flexibility index (Phi) is 7.13. The number of carbonyl (C=O) groups is 2. The number of hydrogen-bond donors (Lipinski definition) is 2. The molecule has 0 radical (unpaired) electrons. The highest BCUT2D eigenvalue weighted by molar-refractivity contribution is 5.81. The monoisotopic (exact) mass is 283 g/mol. The molecule has 1 fully saturated rings. The predicted molar refractivity (Wildman–Crippen MR) is 60.2 cm³/mol. The molecule has 1 rings (SSSR count). The van der Waals surface area contributed by atoms with E-state index in [-0.39, 0.29) is 12.0 Å². The van der Waals surface area contributed by atoms with Crippen molar-refractivity contribution in [1.29, 1.82) is 0 Å². The van der Waals surface area contributed by atoms with Crippen molar-refractivity contribution in [2.75, 3.05) is 7.11 Å². The second-order valence-corrected chi connectivity index (χ2v) is 4.03. The van der Waals surface area contributed by atoms with Gasteiger partial charge in [-0.2, -0.15) is 13.2 Å². The Labute approximate surface area is 108 Å². The number of carboxylic acid groups (broad SMARTS) is 1.